The van der Waals surface area contributed by atoms with E-state index in [1.54, 1.807) is 24.3 Å². The first-order chi connectivity index (χ1) is 12.4. The molecule has 0 aliphatic carbocycles. The van der Waals surface area contributed by atoms with Crippen molar-refractivity contribution in [1.82, 2.24) is 0 Å². The fourth-order valence-corrected chi connectivity index (χ4v) is 2.26. The van der Waals surface area contributed by atoms with Crippen LogP contribution in [0.15, 0.2) is 42.5 Å². The first kappa shape index (κ1) is 19.2. The van der Waals surface area contributed by atoms with Crippen molar-refractivity contribution in [3.8, 4) is 5.75 Å². The zero-order valence-corrected chi connectivity index (χ0v) is 14.5. The normalized spacial score (nSPS) is 10.1. The van der Waals surface area contributed by atoms with E-state index in [0.717, 1.165) is 6.07 Å². The minimum atomic E-state index is -0.661. The number of esters is 1. The monoisotopic (exact) mass is 378 g/mol. The van der Waals surface area contributed by atoms with E-state index in [2.05, 4.69) is 5.32 Å². The Morgan fingerprint density at radius 1 is 1.23 bits per heavy atom. The van der Waals surface area contributed by atoms with E-state index in [1.165, 1.54) is 19.2 Å². The molecule has 0 aliphatic rings. The van der Waals surface area contributed by atoms with Crippen LogP contribution in [0.3, 0.4) is 0 Å². The average molecular weight is 379 g/mol. The predicted molar refractivity (Wildman–Crippen MR) is 94.4 cm³/mol. The molecule has 0 saturated heterocycles. The van der Waals surface area contributed by atoms with Crippen LogP contribution in [-0.4, -0.2) is 30.5 Å². The van der Waals surface area contributed by atoms with Crippen LogP contribution in [0.2, 0.25) is 5.02 Å². The number of nitro groups is 1. The Balaban J connectivity index is 1.87. The van der Waals surface area contributed by atoms with Gasteiger partial charge in [0.2, 0.25) is 0 Å². The lowest BCUT2D eigenvalue weighted by molar-refractivity contribution is -0.384. The van der Waals surface area contributed by atoms with Crippen molar-refractivity contribution in [3.05, 3.63) is 63.2 Å². The van der Waals surface area contributed by atoms with Gasteiger partial charge in [-0.3, -0.25) is 19.7 Å². The average Bonchev–Trinajstić information content (AvgIpc) is 2.61. The molecule has 0 bridgehead atoms. The Labute approximate surface area is 153 Å². The summed E-state index contributed by atoms with van der Waals surface area (Å²) in [4.78, 5) is 33.8. The van der Waals surface area contributed by atoms with Gasteiger partial charge in [0.05, 0.1) is 18.5 Å². The lowest BCUT2D eigenvalue weighted by atomic mass is 10.1. The molecule has 0 spiro atoms. The number of nitro benzene ring substituents is 1. The first-order valence-corrected chi connectivity index (χ1v) is 7.79. The van der Waals surface area contributed by atoms with E-state index in [0.29, 0.717) is 11.3 Å². The first-order valence-electron chi connectivity index (χ1n) is 7.41. The highest BCUT2D eigenvalue weighted by Gasteiger charge is 2.15. The molecule has 26 heavy (non-hydrogen) atoms. The van der Waals surface area contributed by atoms with Gasteiger partial charge in [-0.15, -0.1) is 0 Å². The topological polar surface area (TPSA) is 108 Å². The summed E-state index contributed by atoms with van der Waals surface area (Å²) in [6, 6.07) is 10.7. The van der Waals surface area contributed by atoms with E-state index in [9.17, 15) is 19.7 Å². The molecule has 1 amide bonds. The Morgan fingerprint density at radius 3 is 2.69 bits per heavy atom. The summed E-state index contributed by atoms with van der Waals surface area (Å²) >= 11 is 5.70. The van der Waals surface area contributed by atoms with Crippen molar-refractivity contribution in [2.45, 2.75) is 6.42 Å². The molecular formula is C17H15ClN2O6. The molecule has 0 fully saturated rings. The van der Waals surface area contributed by atoms with Gasteiger partial charge in [-0.1, -0.05) is 23.7 Å². The summed E-state index contributed by atoms with van der Waals surface area (Å²) in [7, 11) is 1.52. The number of carbonyl (C=O) groups excluding carboxylic acids is 2. The number of methoxy groups -OCH3 is 1. The molecule has 0 heterocycles. The van der Waals surface area contributed by atoms with Crippen molar-refractivity contribution in [1.29, 1.82) is 0 Å². The molecular weight excluding hydrogens is 364 g/mol. The number of benzene rings is 2. The number of carbonyl (C=O) groups is 2. The molecule has 0 radical (unpaired) electrons. The van der Waals surface area contributed by atoms with Crippen molar-refractivity contribution >= 4 is 34.9 Å². The van der Waals surface area contributed by atoms with E-state index in [-0.39, 0.29) is 22.8 Å². The fraction of sp³-hybridized carbons (Fsp3) is 0.176. The van der Waals surface area contributed by atoms with Crippen LogP contribution < -0.4 is 10.1 Å². The highest BCUT2D eigenvalue weighted by atomic mass is 35.5. The van der Waals surface area contributed by atoms with E-state index >= 15 is 0 Å². The van der Waals surface area contributed by atoms with Gasteiger partial charge < -0.3 is 14.8 Å². The number of amides is 1. The van der Waals surface area contributed by atoms with Gasteiger partial charge in [0.25, 0.3) is 11.6 Å². The third kappa shape index (κ3) is 5.45. The van der Waals surface area contributed by atoms with Crippen LogP contribution >= 0.6 is 11.6 Å². The summed E-state index contributed by atoms with van der Waals surface area (Å²) in [5, 5.41) is 13.2. The molecule has 0 saturated carbocycles. The van der Waals surface area contributed by atoms with Gasteiger partial charge in [0, 0.05) is 11.8 Å². The highest BCUT2D eigenvalue weighted by molar-refractivity contribution is 6.32. The fourth-order valence-electron chi connectivity index (χ4n) is 2.07. The molecule has 136 valence electrons. The van der Waals surface area contributed by atoms with Gasteiger partial charge in [-0.25, -0.2) is 0 Å². The van der Waals surface area contributed by atoms with Crippen molar-refractivity contribution in [2.75, 3.05) is 19.0 Å². The molecule has 0 aliphatic heterocycles. The van der Waals surface area contributed by atoms with Gasteiger partial charge in [0.15, 0.2) is 6.61 Å². The standard InChI is InChI=1S/C17H15ClN2O6/c1-25-13-4-2-3-11(7-13)8-17(22)26-10-16(21)19-12-5-6-14(18)15(9-12)20(23)24/h2-7,9H,8,10H2,1H3,(H,19,21). The molecule has 0 aromatic heterocycles. The van der Waals surface area contributed by atoms with E-state index in [1.807, 2.05) is 0 Å². The van der Waals surface area contributed by atoms with Crippen LogP contribution in [-0.2, 0) is 20.7 Å². The van der Waals surface area contributed by atoms with Crippen LogP contribution in [0.25, 0.3) is 0 Å². The Kier molecular flexibility index (Phi) is 6.51. The molecule has 1 N–H and O–H groups in total. The molecule has 2 aromatic rings. The van der Waals surface area contributed by atoms with Crippen molar-refractivity contribution in [2.24, 2.45) is 0 Å². The molecule has 0 unspecified atom stereocenters. The zero-order valence-electron chi connectivity index (χ0n) is 13.7. The number of anilines is 1. The van der Waals surface area contributed by atoms with Crippen LogP contribution in [0, 0.1) is 10.1 Å². The zero-order chi connectivity index (χ0) is 19.1. The maximum atomic E-state index is 11.8. The maximum Gasteiger partial charge on any atom is 0.310 e. The third-order valence-corrected chi connectivity index (χ3v) is 3.59. The van der Waals surface area contributed by atoms with E-state index < -0.39 is 23.4 Å². The second kappa shape index (κ2) is 8.82. The minimum absolute atomic E-state index is 0.0170. The molecule has 2 rings (SSSR count). The SMILES string of the molecule is COc1cccc(CC(=O)OCC(=O)Nc2ccc(Cl)c([N+](=O)[O-])c2)c1. The number of hydrogen-bond donors (Lipinski definition) is 1. The largest absolute Gasteiger partial charge is 0.497 e. The second-order valence-corrected chi connectivity index (χ2v) is 5.57. The quantitative estimate of drug-likeness (QED) is 0.451. The molecule has 8 nitrogen and oxygen atoms in total. The summed E-state index contributed by atoms with van der Waals surface area (Å²) in [6.45, 7) is -0.515. The Hall–Kier alpha value is -3.13. The molecule has 9 heteroatoms. The minimum Gasteiger partial charge on any atom is -0.497 e. The van der Waals surface area contributed by atoms with E-state index in [4.69, 9.17) is 21.1 Å². The Morgan fingerprint density at radius 2 is 2.00 bits per heavy atom. The maximum absolute atomic E-state index is 11.8. The van der Waals surface area contributed by atoms with Crippen LogP contribution in [0.5, 0.6) is 5.75 Å². The smallest absolute Gasteiger partial charge is 0.310 e. The third-order valence-electron chi connectivity index (χ3n) is 3.27. The van der Waals surface area contributed by atoms with Gasteiger partial charge in [-0.2, -0.15) is 0 Å². The number of hydrogen-bond acceptors (Lipinski definition) is 6. The van der Waals surface area contributed by atoms with Crippen LogP contribution in [0.4, 0.5) is 11.4 Å². The molecule has 0 atom stereocenters. The Bertz CT molecular complexity index is 840. The van der Waals surface area contributed by atoms with Crippen LogP contribution in [0.1, 0.15) is 5.56 Å². The lowest BCUT2D eigenvalue weighted by Crippen LogP contribution is -2.21. The van der Waals surface area contributed by atoms with Gasteiger partial charge in [0.1, 0.15) is 10.8 Å². The number of halogens is 1. The summed E-state index contributed by atoms with van der Waals surface area (Å²) in [5.74, 6) is -0.603. The summed E-state index contributed by atoms with van der Waals surface area (Å²) < 4.78 is 9.97. The number of rotatable bonds is 7. The summed E-state index contributed by atoms with van der Waals surface area (Å²) in [6.07, 6.45) is -0.0170. The summed E-state index contributed by atoms with van der Waals surface area (Å²) in [5.41, 5.74) is 0.525. The number of ether oxygens (including phenoxy) is 2. The highest BCUT2D eigenvalue weighted by Crippen LogP contribution is 2.27. The lowest BCUT2D eigenvalue weighted by Gasteiger charge is -2.08. The predicted octanol–water partition coefficient (Wildman–Crippen LogP) is 2.98. The van der Waals surface area contributed by atoms with Crippen molar-refractivity contribution in [3.63, 3.8) is 0 Å². The number of nitrogens with zero attached hydrogens (tertiary/aromatic N) is 1. The second-order valence-electron chi connectivity index (χ2n) is 5.16. The molecule has 2 aromatic carbocycles. The van der Waals surface area contributed by atoms with Gasteiger partial charge >= 0.3 is 5.97 Å². The van der Waals surface area contributed by atoms with Crippen molar-refractivity contribution < 1.29 is 24.0 Å². The van der Waals surface area contributed by atoms with Gasteiger partial charge in [-0.05, 0) is 29.8 Å². The number of nitrogens with one attached hydrogen (secondary N) is 1.